The standard InChI is InChI=1S/C17H24N4O5/c1-18-14-12(15(22)19(2)17(18)24)11-13(21(14)5-4-8-25-3)16(23)20-6-9-26-10-7-20/h11H,4-10H2,1-3H3. The Morgan fingerprint density at radius 3 is 2.54 bits per heavy atom. The summed E-state index contributed by atoms with van der Waals surface area (Å²) in [5.41, 5.74) is 0.0608. The number of aryl methyl sites for hydroxylation is 2. The average molecular weight is 364 g/mol. The van der Waals surface area contributed by atoms with Gasteiger partial charge in [0.05, 0.1) is 18.6 Å². The van der Waals surface area contributed by atoms with E-state index in [1.54, 1.807) is 29.7 Å². The van der Waals surface area contributed by atoms with Gasteiger partial charge in [0, 0.05) is 47.4 Å². The van der Waals surface area contributed by atoms with Crippen molar-refractivity contribution in [3.63, 3.8) is 0 Å². The summed E-state index contributed by atoms with van der Waals surface area (Å²) in [7, 11) is 4.66. The minimum atomic E-state index is -0.418. The number of methoxy groups -OCH3 is 1. The number of ether oxygens (including phenoxy) is 2. The Morgan fingerprint density at radius 2 is 1.88 bits per heavy atom. The van der Waals surface area contributed by atoms with Crippen LogP contribution < -0.4 is 11.2 Å². The third-order valence-electron chi connectivity index (χ3n) is 4.74. The van der Waals surface area contributed by atoms with Crippen LogP contribution in [0, 0.1) is 0 Å². The van der Waals surface area contributed by atoms with E-state index in [9.17, 15) is 14.4 Å². The zero-order chi connectivity index (χ0) is 18.8. The van der Waals surface area contributed by atoms with Crippen LogP contribution in [-0.4, -0.2) is 64.5 Å². The van der Waals surface area contributed by atoms with E-state index in [0.717, 1.165) is 4.57 Å². The van der Waals surface area contributed by atoms with Crippen LogP contribution in [0.2, 0.25) is 0 Å². The first-order chi connectivity index (χ1) is 12.5. The molecule has 2 aromatic heterocycles. The van der Waals surface area contributed by atoms with E-state index in [1.165, 1.54) is 11.6 Å². The molecule has 0 bridgehead atoms. The van der Waals surface area contributed by atoms with Gasteiger partial charge in [0.2, 0.25) is 0 Å². The first kappa shape index (κ1) is 18.4. The highest BCUT2D eigenvalue weighted by atomic mass is 16.5. The lowest BCUT2D eigenvalue weighted by Gasteiger charge is -2.27. The largest absolute Gasteiger partial charge is 0.385 e. The molecule has 1 saturated heterocycles. The molecule has 0 aromatic carbocycles. The lowest BCUT2D eigenvalue weighted by molar-refractivity contribution is 0.0295. The van der Waals surface area contributed by atoms with Crippen LogP contribution in [0.25, 0.3) is 11.0 Å². The lowest BCUT2D eigenvalue weighted by atomic mass is 10.3. The van der Waals surface area contributed by atoms with Crippen LogP contribution in [0.1, 0.15) is 16.9 Å². The first-order valence-electron chi connectivity index (χ1n) is 8.62. The van der Waals surface area contributed by atoms with E-state index < -0.39 is 11.2 Å². The van der Waals surface area contributed by atoms with Crippen molar-refractivity contribution in [1.82, 2.24) is 18.6 Å². The molecule has 0 saturated carbocycles. The molecule has 0 N–H and O–H groups in total. The summed E-state index contributed by atoms with van der Waals surface area (Å²) in [6.07, 6.45) is 0.660. The Kier molecular flexibility index (Phi) is 5.28. The predicted molar refractivity (Wildman–Crippen MR) is 95.6 cm³/mol. The fourth-order valence-corrected chi connectivity index (χ4v) is 3.34. The minimum Gasteiger partial charge on any atom is -0.385 e. The first-order valence-corrected chi connectivity index (χ1v) is 8.62. The van der Waals surface area contributed by atoms with E-state index in [1.807, 2.05) is 0 Å². The van der Waals surface area contributed by atoms with E-state index in [2.05, 4.69) is 0 Å². The van der Waals surface area contributed by atoms with Crippen molar-refractivity contribution in [3.05, 3.63) is 32.6 Å². The topological polar surface area (TPSA) is 87.7 Å². The van der Waals surface area contributed by atoms with E-state index in [0.29, 0.717) is 62.6 Å². The monoisotopic (exact) mass is 364 g/mol. The Bertz CT molecular complexity index is 933. The van der Waals surface area contributed by atoms with Crippen molar-refractivity contribution >= 4 is 16.9 Å². The Hall–Kier alpha value is -2.39. The third-order valence-corrected chi connectivity index (χ3v) is 4.74. The molecular formula is C17H24N4O5. The van der Waals surface area contributed by atoms with Crippen molar-refractivity contribution in [2.45, 2.75) is 13.0 Å². The summed E-state index contributed by atoms with van der Waals surface area (Å²) in [4.78, 5) is 39.7. The molecule has 0 radical (unpaired) electrons. The Morgan fingerprint density at radius 1 is 1.19 bits per heavy atom. The van der Waals surface area contributed by atoms with Gasteiger partial charge in [0.15, 0.2) is 0 Å². The highest BCUT2D eigenvalue weighted by Gasteiger charge is 2.25. The van der Waals surface area contributed by atoms with Gasteiger partial charge in [-0.2, -0.15) is 0 Å². The van der Waals surface area contributed by atoms with Crippen LogP contribution in [0.5, 0.6) is 0 Å². The summed E-state index contributed by atoms with van der Waals surface area (Å²) in [5.74, 6) is -0.156. The van der Waals surface area contributed by atoms with Gasteiger partial charge < -0.3 is 18.9 Å². The van der Waals surface area contributed by atoms with Gasteiger partial charge in [-0.05, 0) is 12.5 Å². The van der Waals surface area contributed by atoms with Crippen LogP contribution in [0.3, 0.4) is 0 Å². The average Bonchev–Trinajstić information content (AvgIpc) is 3.04. The normalized spacial score (nSPS) is 15.0. The molecule has 1 amide bonds. The molecule has 0 atom stereocenters. The molecule has 9 heteroatoms. The number of carbonyl (C=O) groups excluding carboxylic acids is 1. The van der Waals surface area contributed by atoms with E-state index >= 15 is 0 Å². The van der Waals surface area contributed by atoms with E-state index in [4.69, 9.17) is 9.47 Å². The van der Waals surface area contributed by atoms with Gasteiger partial charge in [0.25, 0.3) is 11.5 Å². The number of carbonyl (C=O) groups is 1. The van der Waals surface area contributed by atoms with E-state index in [-0.39, 0.29) is 5.91 Å². The minimum absolute atomic E-state index is 0.156. The lowest BCUT2D eigenvalue weighted by Crippen LogP contribution is -2.41. The molecule has 3 rings (SSSR count). The molecule has 9 nitrogen and oxygen atoms in total. The summed E-state index contributed by atoms with van der Waals surface area (Å²) in [6, 6.07) is 1.60. The molecular weight excluding hydrogens is 340 g/mol. The molecule has 1 aliphatic heterocycles. The van der Waals surface area contributed by atoms with Gasteiger partial charge in [-0.25, -0.2) is 4.79 Å². The van der Waals surface area contributed by atoms with Gasteiger partial charge in [-0.1, -0.05) is 0 Å². The second kappa shape index (κ2) is 7.46. The molecule has 26 heavy (non-hydrogen) atoms. The molecule has 1 aliphatic rings. The maximum Gasteiger partial charge on any atom is 0.332 e. The van der Waals surface area contributed by atoms with Gasteiger partial charge in [0.1, 0.15) is 11.3 Å². The Balaban J connectivity index is 2.17. The molecule has 2 aromatic rings. The van der Waals surface area contributed by atoms with Crippen LogP contribution >= 0.6 is 0 Å². The third kappa shape index (κ3) is 3.08. The van der Waals surface area contributed by atoms with Gasteiger partial charge in [-0.3, -0.25) is 18.7 Å². The number of amides is 1. The number of hydrogen-bond donors (Lipinski definition) is 0. The fourth-order valence-electron chi connectivity index (χ4n) is 3.34. The van der Waals surface area contributed by atoms with Crippen molar-refractivity contribution in [2.75, 3.05) is 40.0 Å². The van der Waals surface area contributed by atoms with Gasteiger partial charge in [-0.15, -0.1) is 0 Å². The molecule has 0 unspecified atom stereocenters. The molecule has 142 valence electrons. The number of fused-ring (bicyclic) bond motifs is 1. The second-order valence-electron chi connectivity index (χ2n) is 6.38. The summed E-state index contributed by atoms with van der Waals surface area (Å²) < 4.78 is 14.6. The summed E-state index contributed by atoms with van der Waals surface area (Å²) >= 11 is 0. The quantitative estimate of drug-likeness (QED) is 0.671. The number of morpholine rings is 1. The maximum atomic E-state index is 13.0. The molecule has 1 fully saturated rings. The van der Waals surface area contributed by atoms with Crippen LogP contribution in [0.15, 0.2) is 15.7 Å². The number of hydrogen-bond acceptors (Lipinski definition) is 5. The number of rotatable bonds is 5. The molecule has 0 aliphatic carbocycles. The van der Waals surface area contributed by atoms with Gasteiger partial charge >= 0.3 is 5.69 Å². The van der Waals surface area contributed by atoms with Crippen LogP contribution in [0.4, 0.5) is 0 Å². The highest BCUT2D eigenvalue weighted by molar-refractivity contribution is 5.98. The zero-order valence-electron chi connectivity index (χ0n) is 15.4. The maximum absolute atomic E-state index is 13.0. The zero-order valence-corrected chi connectivity index (χ0v) is 15.4. The molecule has 3 heterocycles. The highest BCUT2D eigenvalue weighted by Crippen LogP contribution is 2.19. The van der Waals surface area contributed by atoms with Crippen molar-refractivity contribution in [1.29, 1.82) is 0 Å². The SMILES string of the molecule is COCCCn1c(C(=O)N2CCOCC2)cc2c(=O)n(C)c(=O)n(C)c21. The summed E-state index contributed by atoms with van der Waals surface area (Å²) in [6.45, 7) is 3.00. The van der Waals surface area contributed by atoms with Crippen molar-refractivity contribution in [2.24, 2.45) is 14.1 Å². The Labute approximate surface area is 150 Å². The van der Waals surface area contributed by atoms with Crippen molar-refractivity contribution < 1.29 is 14.3 Å². The summed E-state index contributed by atoms with van der Waals surface area (Å²) in [5, 5.41) is 0.364. The number of aromatic nitrogens is 3. The second-order valence-corrected chi connectivity index (χ2v) is 6.38. The smallest absolute Gasteiger partial charge is 0.332 e. The fraction of sp³-hybridized carbons (Fsp3) is 0.588. The van der Waals surface area contributed by atoms with Crippen LogP contribution in [-0.2, 0) is 30.1 Å². The number of nitrogens with zero attached hydrogens (tertiary/aromatic N) is 4. The molecule has 0 spiro atoms. The van der Waals surface area contributed by atoms with Crippen molar-refractivity contribution in [3.8, 4) is 0 Å². The predicted octanol–water partition coefficient (Wildman–Crippen LogP) is -0.452.